The lowest BCUT2D eigenvalue weighted by Gasteiger charge is -2.23. The van der Waals surface area contributed by atoms with Crippen molar-refractivity contribution in [3.63, 3.8) is 0 Å². The van der Waals surface area contributed by atoms with Gasteiger partial charge in [0.1, 0.15) is 0 Å². The lowest BCUT2D eigenvalue weighted by atomic mass is 10.1. The summed E-state index contributed by atoms with van der Waals surface area (Å²) in [5, 5.41) is 7.65. The number of nitrogens with one attached hydrogen (secondary N) is 2. The van der Waals surface area contributed by atoms with Crippen molar-refractivity contribution in [2.24, 2.45) is 0 Å². The summed E-state index contributed by atoms with van der Waals surface area (Å²) in [6.07, 6.45) is 1.75. The third-order valence-electron chi connectivity index (χ3n) is 3.32. The fraction of sp³-hybridized carbons (Fsp3) is 0.286. The summed E-state index contributed by atoms with van der Waals surface area (Å²) >= 11 is 5.13. The van der Waals surface area contributed by atoms with Gasteiger partial charge in [-0.3, -0.25) is 0 Å². The molecule has 3 aromatic rings. The number of pyridine rings is 1. The fourth-order valence-corrected chi connectivity index (χ4v) is 3.25. The van der Waals surface area contributed by atoms with Crippen molar-refractivity contribution in [1.29, 1.82) is 0 Å². The highest BCUT2D eigenvalue weighted by Crippen LogP contribution is 2.22. The smallest absolute Gasteiger partial charge is 0.202 e. The maximum atomic E-state index is 4.45. The Kier molecular flexibility index (Phi) is 4.23. The summed E-state index contributed by atoms with van der Waals surface area (Å²) in [7, 11) is 4.17. The highest BCUT2D eigenvalue weighted by atomic mass is 79.9. The van der Waals surface area contributed by atoms with E-state index in [1.54, 1.807) is 17.5 Å². The number of rotatable bonds is 5. The maximum Gasteiger partial charge on any atom is 0.202 e. The predicted molar refractivity (Wildman–Crippen MR) is 90.8 cm³/mol. The minimum atomic E-state index is 0.309. The molecule has 0 aliphatic heterocycles. The van der Waals surface area contributed by atoms with Gasteiger partial charge in [0, 0.05) is 17.2 Å². The summed E-state index contributed by atoms with van der Waals surface area (Å²) in [5.74, 6) is 0.748. The number of nitrogens with zero attached hydrogens (tertiary/aromatic N) is 3. The van der Waals surface area contributed by atoms with Crippen molar-refractivity contribution in [3.05, 3.63) is 39.1 Å². The molecular formula is C14H16BrN5S. The molecule has 0 amide bonds. The van der Waals surface area contributed by atoms with Gasteiger partial charge in [-0.2, -0.15) is 16.3 Å². The van der Waals surface area contributed by atoms with Crippen LogP contribution in [0.4, 0.5) is 5.95 Å². The summed E-state index contributed by atoms with van der Waals surface area (Å²) in [4.78, 5) is 14.2. The van der Waals surface area contributed by atoms with E-state index in [0.29, 0.717) is 6.04 Å². The van der Waals surface area contributed by atoms with Crippen molar-refractivity contribution >= 4 is 44.4 Å². The molecule has 2 N–H and O–H groups in total. The molecule has 110 valence electrons. The summed E-state index contributed by atoms with van der Waals surface area (Å²) in [5.41, 5.74) is 2.95. The van der Waals surface area contributed by atoms with Gasteiger partial charge in [-0.25, -0.2) is 4.98 Å². The van der Waals surface area contributed by atoms with Crippen LogP contribution in [-0.2, 0) is 0 Å². The molecule has 3 heterocycles. The highest BCUT2D eigenvalue weighted by Gasteiger charge is 2.15. The number of hydrogen-bond donors (Lipinski definition) is 2. The van der Waals surface area contributed by atoms with Crippen LogP contribution in [0, 0.1) is 0 Å². The van der Waals surface area contributed by atoms with Gasteiger partial charge < -0.3 is 15.2 Å². The van der Waals surface area contributed by atoms with Gasteiger partial charge in [0.15, 0.2) is 5.65 Å². The van der Waals surface area contributed by atoms with E-state index >= 15 is 0 Å². The first-order valence-corrected chi connectivity index (χ1v) is 8.31. The second-order valence-corrected chi connectivity index (χ2v) is 6.72. The molecule has 21 heavy (non-hydrogen) atoms. The topological polar surface area (TPSA) is 56.8 Å². The molecule has 0 spiro atoms. The lowest BCUT2D eigenvalue weighted by Crippen LogP contribution is -2.26. The standard InChI is InChI=1S/C14H16BrN5S/c1-20(2)12(9-3-4-21-8-9)7-17-14-18-11-5-10(15)6-16-13(11)19-14/h3-6,8,12H,7H2,1-2H3,(H2,16,17,18,19). The number of imidazole rings is 1. The molecule has 0 aliphatic carbocycles. The number of likely N-dealkylation sites (N-methyl/N-ethyl adjacent to an activating group) is 1. The van der Waals surface area contributed by atoms with E-state index in [-0.39, 0.29) is 0 Å². The van der Waals surface area contributed by atoms with Crippen molar-refractivity contribution in [2.45, 2.75) is 6.04 Å². The lowest BCUT2D eigenvalue weighted by molar-refractivity contribution is 0.312. The molecule has 5 nitrogen and oxygen atoms in total. The van der Waals surface area contributed by atoms with Crippen molar-refractivity contribution < 1.29 is 0 Å². The van der Waals surface area contributed by atoms with E-state index in [2.05, 4.69) is 72.0 Å². The molecule has 0 fully saturated rings. The highest BCUT2D eigenvalue weighted by molar-refractivity contribution is 9.10. The number of halogens is 1. The fourth-order valence-electron chi connectivity index (χ4n) is 2.21. The molecule has 1 atom stereocenters. The second-order valence-electron chi connectivity index (χ2n) is 5.03. The van der Waals surface area contributed by atoms with E-state index in [9.17, 15) is 0 Å². The first-order valence-electron chi connectivity index (χ1n) is 6.57. The molecule has 0 saturated heterocycles. The van der Waals surface area contributed by atoms with Gasteiger partial charge in [-0.1, -0.05) is 0 Å². The second kappa shape index (κ2) is 6.13. The van der Waals surface area contributed by atoms with Crippen LogP contribution in [0.5, 0.6) is 0 Å². The number of H-pyrrole nitrogens is 1. The Morgan fingerprint density at radius 3 is 3.05 bits per heavy atom. The Morgan fingerprint density at radius 1 is 1.48 bits per heavy atom. The number of fused-ring (bicyclic) bond motifs is 1. The van der Waals surface area contributed by atoms with Gasteiger partial charge in [0.2, 0.25) is 5.95 Å². The van der Waals surface area contributed by atoms with Crippen molar-refractivity contribution in [2.75, 3.05) is 26.0 Å². The van der Waals surface area contributed by atoms with Crippen molar-refractivity contribution in [1.82, 2.24) is 19.9 Å². The molecule has 0 radical (unpaired) electrons. The first kappa shape index (κ1) is 14.5. The molecule has 7 heteroatoms. The Labute approximate surface area is 135 Å². The van der Waals surface area contributed by atoms with Crippen LogP contribution in [0.15, 0.2) is 33.6 Å². The van der Waals surface area contributed by atoms with E-state index in [4.69, 9.17) is 0 Å². The molecule has 0 saturated carbocycles. The number of hydrogen-bond acceptors (Lipinski definition) is 5. The zero-order chi connectivity index (χ0) is 14.8. The van der Waals surface area contributed by atoms with Crippen LogP contribution in [0.3, 0.4) is 0 Å². The van der Waals surface area contributed by atoms with Gasteiger partial charge in [0.25, 0.3) is 0 Å². The SMILES string of the molecule is CN(C)C(CNc1nc2ncc(Br)cc2[nH]1)c1ccsc1. The molecule has 1 unspecified atom stereocenters. The third-order valence-corrected chi connectivity index (χ3v) is 4.45. The zero-order valence-electron chi connectivity index (χ0n) is 11.8. The monoisotopic (exact) mass is 365 g/mol. The van der Waals surface area contributed by atoms with E-state index in [1.807, 2.05) is 6.07 Å². The molecule has 0 aromatic carbocycles. The molecular weight excluding hydrogens is 350 g/mol. The van der Waals surface area contributed by atoms with Crippen LogP contribution >= 0.6 is 27.3 Å². The molecule has 3 aromatic heterocycles. The minimum Gasteiger partial charge on any atom is -0.354 e. The number of anilines is 1. The molecule has 0 aliphatic rings. The number of aromatic amines is 1. The minimum absolute atomic E-state index is 0.309. The van der Waals surface area contributed by atoms with E-state index in [0.717, 1.165) is 28.1 Å². The molecule has 3 rings (SSSR count). The summed E-state index contributed by atoms with van der Waals surface area (Å²) < 4.78 is 0.939. The summed E-state index contributed by atoms with van der Waals surface area (Å²) in [6.45, 7) is 0.782. The number of thiophene rings is 1. The van der Waals surface area contributed by atoms with Crippen LogP contribution in [0.1, 0.15) is 11.6 Å². The Morgan fingerprint density at radius 2 is 2.33 bits per heavy atom. The Bertz CT molecular complexity index is 722. The van der Waals surface area contributed by atoms with E-state index < -0.39 is 0 Å². The normalized spacial score (nSPS) is 13.0. The van der Waals surface area contributed by atoms with Crippen LogP contribution in [0.25, 0.3) is 11.2 Å². The van der Waals surface area contributed by atoms with Crippen molar-refractivity contribution in [3.8, 4) is 0 Å². The number of aromatic nitrogens is 3. The van der Waals surface area contributed by atoms with Gasteiger partial charge in [0.05, 0.1) is 11.6 Å². The predicted octanol–water partition coefficient (Wildman–Crippen LogP) is 3.50. The molecule has 0 bridgehead atoms. The first-order chi connectivity index (χ1) is 10.1. The average Bonchev–Trinajstić information content (AvgIpc) is 3.07. The van der Waals surface area contributed by atoms with Gasteiger partial charge in [-0.05, 0) is 58.5 Å². The Hall–Kier alpha value is -1.44. The zero-order valence-corrected chi connectivity index (χ0v) is 14.2. The van der Waals surface area contributed by atoms with Crippen LogP contribution < -0.4 is 5.32 Å². The average molecular weight is 366 g/mol. The quantitative estimate of drug-likeness (QED) is 0.726. The van der Waals surface area contributed by atoms with Crippen LogP contribution in [0.2, 0.25) is 0 Å². The van der Waals surface area contributed by atoms with Crippen LogP contribution in [-0.4, -0.2) is 40.5 Å². The van der Waals surface area contributed by atoms with E-state index in [1.165, 1.54) is 5.56 Å². The van der Waals surface area contributed by atoms with Gasteiger partial charge >= 0.3 is 0 Å². The third kappa shape index (κ3) is 3.25. The Balaban J connectivity index is 1.75. The summed E-state index contributed by atoms with van der Waals surface area (Å²) in [6, 6.07) is 4.45. The maximum absolute atomic E-state index is 4.45. The largest absolute Gasteiger partial charge is 0.354 e. The van der Waals surface area contributed by atoms with Gasteiger partial charge in [-0.15, -0.1) is 0 Å².